The molecule has 4 rings (SSSR count). The summed E-state index contributed by atoms with van der Waals surface area (Å²) in [7, 11) is -9.06. The average molecular weight is 758 g/mol. The van der Waals surface area contributed by atoms with E-state index in [2.05, 4.69) is 74.3 Å². The quantitative estimate of drug-likeness (QED) is 0.0544. The third kappa shape index (κ3) is 9.08. The van der Waals surface area contributed by atoms with Crippen LogP contribution in [0.4, 0.5) is 0 Å². The number of carbonyl (C=O) groups is 2. The molecule has 0 aromatic heterocycles. The second-order valence-electron chi connectivity index (χ2n) is 16.3. The first-order chi connectivity index (χ1) is 23.6. The summed E-state index contributed by atoms with van der Waals surface area (Å²) >= 11 is 0. The fourth-order valence-electron chi connectivity index (χ4n) is 5.73. The maximum Gasteiger partial charge on any atom is 0.646 e. The van der Waals surface area contributed by atoms with E-state index in [-0.39, 0.29) is 45.5 Å². The standard InChI is InChI=1S/C38H56NO9PSi2/c1-13-25-43-36(41)33-34(47-49(42,45-28-20-16-14-17-21-28)46-29-22-18-15-19-23-29)30(24-26-44-50(9,10)37(3,4)5)32-31(35(40)39(32)33)27(2)48-51(11,12)38(6,7)8/h13-23,27,30-32H,1,24-26H2,2-12H3/t27-,30-,31-,32-/m1/s1. The van der Waals surface area contributed by atoms with Crippen LogP contribution in [0.1, 0.15) is 54.9 Å². The zero-order valence-electron chi connectivity index (χ0n) is 32.1. The Morgan fingerprint density at radius 2 is 1.39 bits per heavy atom. The molecule has 1 fully saturated rings. The number of esters is 1. The first-order valence-electron chi connectivity index (χ1n) is 17.6. The van der Waals surface area contributed by atoms with Gasteiger partial charge in [0.2, 0.25) is 5.91 Å². The SMILES string of the molecule is C=CCOC(=O)C1=C(OP(=O)(Oc2ccccc2)Oc2ccccc2)[C@H](CCO[Si](C)(C)C(C)(C)C)[C@@H]2[C@@H]([C@@H](C)O[Si](C)(C)C(C)(C)C)C(=O)N12. The Balaban J connectivity index is 1.82. The summed E-state index contributed by atoms with van der Waals surface area (Å²) in [6.07, 6.45) is 1.32. The predicted octanol–water partition coefficient (Wildman–Crippen LogP) is 9.49. The maximum absolute atomic E-state index is 14.8. The zero-order chi connectivity index (χ0) is 38.0. The Morgan fingerprint density at radius 3 is 1.86 bits per heavy atom. The molecule has 51 heavy (non-hydrogen) atoms. The van der Waals surface area contributed by atoms with Crippen LogP contribution < -0.4 is 9.05 Å². The number of ether oxygens (including phenoxy) is 1. The van der Waals surface area contributed by atoms with Crippen LogP contribution >= 0.6 is 7.82 Å². The predicted molar refractivity (Wildman–Crippen MR) is 204 cm³/mol. The number of nitrogens with zero attached hydrogens (tertiary/aromatic N) is 1. The largest absolute Gasteiger partial charge is 0.646 e. The van der Waals surface area contributed by atoms with Gasteiger partial charge in [-0.1, -0.05) is 90.6 Å². The number of benzene rings is 2. The molecule has 2 aliphatic rings. The summed E-state index contributed by atoms with van der Waals surface area (Å²) in [5, 5.41) is -0.144. The van der Waals surface area contributed by atoms with Crippen molar-refractivity contribution in [3.63, 3.8) is 0 Å². The van der Waals surface area contributed by atoms with Crippen molar-refractivity contribution in [2.75, 3.05) is 13.2 Å². The van der Waals surface area contributed by atoms with E-state index in [0.29, 0.717) is 13.0 Å². The number of hydrogen-bond acceptors (Lipinski definition) is 9. The van der Waals surface area contributed by atoms with Gasteiger partial charge < -0.3 is 27.2 Å². The van der Waals surface area contributed by atoms with Crippen LogP contribution in [-0.2, 0) is 32.3 Å². The van der Waals surface area contributed by atoms with Crippen molar-refractivity contribution in [2.45, 2.75) is 103 Å². The molecule has 0 aliphatic carbocycles. The molecular weight excluding hydrogens is 702 g/mol. The van der Waals surface area contributed by atoms with Gasteiger partial charge in [-0.2, -0.15) is 4.57 Å². The number of hydrogen-bond donors (Lipinski definition) is 0. The minimum atomic E-state index is -4.57. The number of carbonyl (C=O) groups excluding carboxylic acids is 2. The van der Waals surface area contributed by atoms with E-state index in [1.807, 2.05) is 6.92 Å². The first kappa shape index (κ1) is 40.6. The minimum absolute atomic E-state index is 0.00142. The number of phosphoric acid groups is 1. The number of amides is 1. The highest BCUT2D eigenvalue weighted by Gasteiger charge is 2.64. The fraction of sp³-hybridized carbons (Fsp3) is 0.526. The van der Waals surface area contributed by atoms with Crippen molar-refractivity contribution in [3.05, 3.63) is 84.8 Å². The molecule has 0 unspecified atom stereocenters. The highest BCUT2D eigenvalue weighted by molar-refractivity contribution is 7.49. The van der Waals surface area contributed by atoms with Gasteiger partial charge in [-0.25, -0.2) is 4.79 Å². The molecule has 280 valence electrons. The van der Waals surface area contributed by atoms with Crippen molar-refractivity contribution in [3.8, 4) is 11.5 Å². The van der Waals surface area contributed by atoms with Gasteiger partial charge in [0.15, 0.2) is 22.3 Å². The van der Waals surface area contributed by atoms with Gasteiger partial charge in [-0.05, 0) is 73.9 Å². The summed E-state index contributed by atoms with van der Waals surface area (Å²) in [5.41, 5.74) is -0.131. The van der Waals surface area contributed by atoms with Gasteiger partial charge >= 0.3 is 13.8 Å². The maximum atomic E-state index is 14.8. The number of rotatable bonds is 16. The molecule has 10 nitrogen and oxygen atoms in total. The Labute approximate surface area is 306 Å². The van der Waals surface area contributed by atoms with Gasteiger partial charge in [0.1, 0.15) is 23.9 Å². The molecule has 1 amide bonds. The summed E-state index contributed by atoms with van der Waals surface area (Å²) in [4.78, 5) is 29.5. The zero-order valence-corrected chi connectivity index (χ0v) is 35.0. The molecule has 2 aromatic rings. The van der Waals surface area contributed by atoms with E-state index in [0.717, 1.165) is 0 Å². The molecule has 0 bridgehead atoms. The molecular formula is C38H56NO9PSi2. The Morgan fingerprint density at radius 1 is 0.882 bits per heavy atom. The molecule has 2 aromatic carbocycles. The van der Waals surface area contributed by atoms with Gasteiger partial charge in [-0.15, -0.1) is 0 Å². The summed E-state index contributed by atoms with van der Waals surface area (Å²) in [5.74, 6) is -1.87. The Hall–Kier alpha value is -3.16. The summed E-state index contributed by atoms with van der Waals surface area (Å²) < 4.78 is 52.1. The number of fused-ring (bicyclic) bond motifs is 1. The minimum Gasteiger partial charge on any atom is -0.457 e. The van der Waals surface area contributed by atoms with Gasteiger partial charge in [-0.3, -0.25) is 9.69 Å². The second-order valence-corrected chi connectivity index (χ2v) is 27.3. The van der Waals surface area contributed by atoms with Crippen LogP contribution in [0.25, 0.3) is 0 Å². The molecule has 1 saturated heterocycles. The Bertz CT molecular complexity index is 1590. The third-order valence-corrected chi connectivity index (χ3v) is 21.0. The van der Waals surface area contributed by atoms with E-state index in [1.165, 1.54) is 11.0 Å². The van der Waals surface area contributed by atoms with Gasteiger partial charge in [0.05, 0.1) is 18.1 Å². The van der Waals surface area contributed by atoms with E-state index < -0.39 is 54.4 Å². The number of para-hydroxylation sites is 2. The van der Waals surface area contributed by atoms with Crippen LogP contribution in [0.3, 0.4) is 0 Å². The molecule has 2 heterocycles. The van der Waals surface area contributed by atoms with Crippen LogP contribution in [0.15, 0.2) is 84.8 Å². The second kappa shape index (κ2) is 15.4. The summed E-state index contributed by atoms with van der Waals surface area (Å²) in [6.45, 7) is 27.4. The third-order valence-electron chi connectivity index (χ3n) is 10.6. The van der Waals surface area contributed by atoms with Gasteiger partial charge in [0.25, 0.3) is 0 Å². The fourth-order valence-corrected chi connectivity index (χ4v) is 9.56. The molecule has 0 N–H and O–H groups in total. The van der Waals surface area contributed by atoms with Crippen molar-refractivity contribution in [1.29, 1.82) is 0 Å². The number of β-lactam (4-membered cyclic amide) rings is 1. The Kier molecular flexibility index (Phi) is 12.3. The lowest BCUT2D eigenvalue weighted by molar-refractivity contribution is -0.164. The van der Waals surface area contributed by atoms with Crippen LogP contribution in [0.2, 0.25) is 36.3 Å². The molecule has 0 radical (unpaired) electrons. The average Bonchev–Trinajstić information content (AvgIpc) is 3.28. The normalized spacial score (nSPS) is 20.3. The van der Waals surface area contributed by atoms with Crippen LogP contribution in [0.5, 0.6) is 11.5 Å². The number of phosphoric ester groups is 1. The smallest absolute Gasteiger partial charge is 0.457 e. The highest BCUT2D eigenvalue weighted by atomic mass is 31.2. The van der Waals surface area contributed by atoms with E-state index in [4.69, 9.17) is 27.2 Å². The van der Waals surface area contributed by atoms with Crippen molar-refractivity contribution in [2.24, 2.45) is 11.8 Å². The van der Waals surface area contributed by atoms with Crippen molar-refractivity contribution < 1.29 is 41.3 Å². The van der Waals surface area contributed by atoms with Crippen LogP contribution in [0, 0.1) is 11.8 Å². The van der Waals surface area contributed by atoms with Gasteiger partial charge in [0, 0.05) is 12.5 Å². The molecule has 0 spiro atoms. The van der Waals surface area contributed by atoms with Crippen molar-refractivity contribution >= 4 is 36.3 Å². The molecule has 13 heteroatoms. The van der Waals surface area contributed by atoms with Crippen LogP contribution in [-0.4, -0.2) is 58.8 Å². The topological polar surface area (TPSA) is 110 Å². The molecule has 0 saturated carbocycles. The lowest BCUT2D eigenvalue weighted by Crippen LogP contribution is -2.65. The van der Waals surface area contributed by atoms with Crippen molar-refractivity contribution in [1.82, 2.24) is 4.90 Å². The molecule has 2 aliphatic heterocycles. The monoisotopic (exact) mass is 757 g/mol. The lowest BCUT2D eigenvalue weighted by Gasteiger charge is -2.50. The van der Waals surface area contributed by atoms with E-state index in [1.54, 1.807) is 60.7 Å². The van der Waals surface area contributed by atoms with E-state index in [9.17, 15) is 14.2 Å². The summed E-state index contributed by atoms with van der Waals surface area (Å²) in [6, 6.07) is 16.5. The lowest BCUT2D eigenvalue weighted by atomic mass is 9.77. The van der Waals surface area contributed by atoms with E-state index >= 15 is 0 Å². The first-order valence-corrected chi connectivity index (χ1v) is 24.9. The highest BCUT2D eigenvalue weighted by Crippen LogP contribution is 2.58. The molecule has 4 atom stereocenters.